The Morgan fingerprint density at radius 2 is 1.85 bits per heavy atom. The molecular formula is C29H30ClN5O3S2. The van der Waals surface area contributed by atoms with Crippen LogP contribution in [0.2, 0.25) is 5.02 Å². The molecule has 1 saturated heterocycles. The predicted molar refractivity (Wildman–Crippen MR) is 164 cm³/mol. The van der Waals surface area contributed by atoms with Gasteiger partial charge in [0.1, 0.15) is 5.75 Å². The van der Waals surface area contributed by atoms with E-state index in [1.807, 2.05) is 47.4 Å². The summed E-state index contributed by atoms with van der Waals surface area (Å²) in [7, 11) is -2.05. The van der Waals surface area contributed by atoms with Gasteiger partial charge in [-0.15, -0.1) is 0 Å². The van der Waals surface area contributed by atoms with Crippen LogP contribution < -0.4 is 19.7 Å². The Morgan fingerprint density at radius 3 is 2.52 bits per heavy atom. The number of halogens is 1. The van der Waals surface area contributed by atoms with Crippen LogP contribution >= 0.6 is 23.8 Å². The molecule has 0 amide bonds. The van der Waals surface area contributed by atoms with Gasteiger partial charge in [0.25, 0.3) is 0 Å². The lowest BCUT2D eigenvalue weighted by molar-refractivity contribution is 0.417. The van der Waals surface area contributed by atoms with Crippen molar-refractivity contribution in [3.63, 3.8) is 0 Å². The van der Waals surface area contributed by atoms with Crippen molar-refractivity contribution in [1.29, 1.82) is 0 Å². The number of hydrogen-bond donors (Lipinski definition) is 2. The summed E-state index contributed by atoms with van der Waals surface area (Å²) in [5.41, 5.74) is 7.10. The fourth-order valence-electron chi connectivity index (χ4n) is 5.36. The van der Waals surface area contributed by atoms with E-state index in [-0.39, 0.29) is 12.1 Å². The number of rotatable bonds is 7. The minimum Gasteiger partial charge on any atom is -0.495 e. The summed E-state index contributed by atoms with van der Waals surface area (Å²) in [4.78, 5) is 6.66. The van der Waals surface area contributed by atoms with E-state index in [4.69, 9.17) is 28.6 Å². The van der Waals surface area contributed by atoms with E-state index in [0.717, 1.165) is 40.2 Å². The van der Waals surface area contributed by atoms with Gasteiger partial charge in [-0.25, -0.2) is 8.42 Å². The van der Waals surface area contributed by atoms with Crippen molar-refractivity contribution in [2.24, 2.45) is 0 Å². The number of nitrogens with one attached hydrogen (secondary N) is 2. The van der Waals surface area contributed by atoms with Crippen LogP contribution in [0.15, 0.2) is 66.9 Å². The van der Waals surface area contributed by atoms with E-state index < -0.39 is 10.0 Å². The Morgan fingerprint density at radius 1 is 1.07 bits per heavy atom. The number of sulfonamides is 1. The minimum atomic E-state index is -3.55. The van der Waals surface area contributed by atoms with Gasteiger partial charge in [-0.1, -0.05) is 23.7 Å². The molecule has 8 nitrogen and oxygen atoms in total. The topological polar surface area (TPSA) is 88.5 Å². The van der Waals surface area contributed by atoms with Crippen molar-refractivity contribution in [1.82, 2.24) is 14.9 Å². The molecule has 0 aliphatic carbocycles. The summed E-state index contributed by atoms with van der Waals surface area (Å²) in [6.45, 7) is 6.22. The highest BCUT2D eigenvalue weighted by molar-refractivity contribution is 7.92. The largest absolute Gasteiger partial charge is 0.495 e. The monoisotopic (exact) mass is 595 g/mol. The second-order valence-corrected chi connectivity index (χ2v) is 12.4. The average molecular weight is 596 g/mol. The van der Waals surface area contributed by atoms with E-state index >= 15 is 0 Å². The molecule has 2 aromatic carbocycles. The lowest BCUT2D eigenvalue weighted by Crippen LogP contribution is -2.29. The molecule has 2 N–H and O–H groups in total. The summed E-state index contributed by atoms with van der Waals surface area (Å²) >= 11 is 12.3. The molecule has 1 fully saturated rings. The molecule has 11 heteroatoms. The molecule has 0 saturated carbocycles. The highest BCUT2D eigenvalue weighted by Gasteiger charge is 2.42. The maximum absolute atomic E-state index is 12.1. The Balaban J connectivity index is 1.70. The highest BCUT2D eigenvalue weighted by atomic mass is 35.5. The standard InChI is InChI=1S/C29H30ClN5O3S2/c1-17-9-10-20(30)15-25(17)34-18(2)14-22(19(34)3)28-27(23-8-6-7-13-31-23)32-29(39)35(28)21-11-12-26(38-4)24(16-21)33-40(5,36)37/h6-16,27-28,33H,1-5H3,(H,32,39)/t27-,28+/m1/s1. The smallest absolute Gasteiger partial charge is 0.229 e. The van der Waals surface area contributed by atoms with E-state index in [1.165, 1.54) is 7.11 Å². The molecule has 3 heterocycles. The lowest BCUT2D eigenvalue weighted by atomic mass is 9.96. The number of pyridine rings is 1. The highest BCUT2D eigenvalue weighted by Crippen LogP contribution is 2.45. The van der Waals surface area contributed by atoms with Crippen LogP contribution in [-0.4, -0.2) is 36.4 Å². The molecule has 4 aromatic rings. The van der Waals surface area contributed by atoms with Gasteiger partial charge in [-0.2, -0.15) is 0 Å². The molecule has 208 valence electrons. The molecule has 0 radical (unpaired) electrons. The maximum atomic E-state index is 12.1. The van der Waals surface area contributed by atoms with Crippen molar-refractivity contribution >= 4 is 50.3 Å². The van der Waals surface area contributed by atoms with E-state index in [0.29, 0.717) is 27.3 Å². The van der Waals surface area contributed by atoms with Gasteiger partial charge in [-0.05, 0) is 92.6 Å². The fraction of sp³-hybridized carbons (Fsp3) is 0.241. The third-order valence-corrected chi connectivity index (χ3v) is 8.20. The van der Waals surface area contributed by atoms with Crippen LogP contribution in [0.5, 0.6) is 5.75 Å². The van der Waals surface area contributed by atoms with Gasteiger partial charge in [0.2, 0.25) is 10.0 Å². The van der Waals surface area contributed by atoms with Gasteiger partial charge in [0, 0.05) is 34.0 Å². The SMILES string of the molecule is COc1ccc(N2C(=S)N[C@H](c3ccccn3)[C@@H]2c2cc(C)n(-c3cc(Cl)ccc3C)c2C)cc1NS(C)(=O)=O. The fourth-order valence-corrected chi connectivity index (χ4v) is 6.43. The molecule has 2 aromatic heterocycles. The number of ether oxygens (including phenoxy) is 1. The quantitative estimate of drug-likeness (QED) is 0.253. The molecule has 0 spiro atoms. The molecule has 1 aliphatic heterocycles. The third-order valence-electron chi connectivity index (χ3n) is 7.06. The van der Waals surface area contributed by atoms with E-state index in [1.54, 1.807) is 18.3 Å². The van der Waals surface area contributed by atoms with Crippen LogP contribution in [0.25, 0.3) is 5.69 Å². The van der Waals surface area contributed by atoms with Gasteiger partial charge < -0.3 is 19.5 Å². The Kier molecular flexibility index (Phi) is 7.52. The van der Waals surface area contributed by atoms with Gasteiger partial charge in [0.05, 0.1) is 36.8 Å². The summed E-state index contributed by atoms with van der Waals surface area (Å²) < 4.78 is 34.4. The number of hydrogen-bond acceptors (Lipinski definition) is 5. The first-order chi connectivity index (χ1) is 19.0. The Hall–Kier alpha value is -3.60. The van der Waals surface area contributed by atoms with Crippen LogP contribution in [-0.2, 0) is 10.0 Å². The van der Waals surface area contributed by atoms with Crippen LogP contribution in [0.3, 0.4) is 0 Å². The van der Waals surface area contributed by atoms with Crippen LogP contribution in [0.4, 0.5) is 11.4 Å². The number of anilines is 2. The van der Waals surface area contributed by atoms with Crippen molar-refractivity contribution in [3.05, 3.63) is 100 Å². The number of aromatic nitrogens is 2. The molecule has 0 bridgehead atoms. The molecule has 2 atom stereocenters. The summed E-state index contributed by atoms with van der Waals surface area (Å²) in [5.74, 6) is 0.402. The van der Waals surface area contributed by atoms with E-state index in [9.17, 15) is 8.42 Å². The molecular weight excluding hydrogens is 566 g/mol. The van der Waals surface area contributed by atoms with E-state index in [2.05, 4.69) is 46.4 Å². The zero-order valence-corrected chi connectivity index (χ0v) is 25.2. The van der Waals surface area contributed by atoms with Gasteiger partial charge >= 0.3 is 0 Å². The van der Waals surface area contributed by atoms with Gasteiger partial charge in [0.15, 0.2) is 5.11 Å². The van der Waals surface area contributed by atoms with Crippen molar-refractivity contribution in [2.45, 2.75) is 32.9 Å². The molecule has 0 unspecified atom stereocenters. The molecule has 5 rings (SSSR count). The molecule has 1 aliphatic rings. The van der Waals surface area contributed by atoms with Gasteiger partial charge in [-0.3, -0.25) is 9.71 Å². The zero-order valence-electron chi connectivity index (χ0n) is 22.8. The van der Waals surface area contributed by atoms with Crippen molar-refractivity contribution < 1.29 is 13.2 Å². The first-order valence-corrected chi connectivity index (χ1v) is 15.3. The van der Waals surface area contributed by atoms with Crippen molar-refractivity contribution in [2.75, 3.05) is 23.0 Å². The zero-order chi connectivity index (χ0) is 28.8. The van der Waals surface area contributed by atoms with Crippen LogP contribution in [0, 0.1) is 20.8 Å². The number of benzene rings is 2. The summed E-state index contributed by atoms with van der Waals surface area (Å²) in [6, 6.07) is 18.6. The first kappa shape index (κ1) is 27.9. The number of nitrogens with zero attached hydrogens (tertiary/aromatic N) is 3. The van der Waals surface area contributed by atoms with Crippen LogP contribution in [0.1, 0.15) is 40.3 Å². The molecule has 40 heavy (non-hydrogen) atoms. The first-order valence-electron chi connectivity index (χ1n) is 12.6. The second kappa shape index (κ2) is 10.8. The summed E-state index contributed by atoms with van der Waals surface area (Å²) in [5, 5.41) is 4.64. The normalized spacial score (nSPS) is 17.1. The Labute approximate surface area is 245 Å². The maximum Gasteiger partial charge on any atom is 0.229 e. The number of aryl methyl sites for hydroxylation is 2. The average Bonchev–Trinajstić information content (AvgIpc) is 3.40. The number of thiocarbonyl (C=S) groups is 1. The predicted octanol–water partition coefficient (Wildman–Crippen LogP) is 6.01. The number of methoxy groups -OCH3 is 1. The lowest BCUT2D eigenvalue weighted by Gasteiger charge is -2.29. The van der Waals surface area contributed by atoms with Crippen molar-refractivity contribution in [3.8, 4) is 11.4 Å². The second-order valence-electron chi connectivity index (χ2n) is 9.85. The minimum absolute atomic E-state index is 0.267. The third kappa shape index (κ3) is 5.26. The Bertz CT molecular complexity index is 1710. The summed E-state index contributed by atoms with van der Waals surface area (Å²) in [6.07, 6.45) is 2.87.